The number of aryl methyl sites for hydroxylation is 1. The third-order valence-electron chi connectivity index (χ3n) is 5.93. The molecule has 2 aliphatic rings. The van der Waals surface area contributed by atoms with Crippen LogP contribution in [0.4, 0.5) is 5.82 Å². The van der Waals surface area contributed by atoms with Crippen LogP contribution >= 0.6 is 24.0 Å². The van der Waals surface area contributed by atoms with E-state index in [2.05, 4.69) is 39.6 Å². The Kier molecular flexibility index (Phi) is 10.3. The summed E-state index contributed by atoms with van der Waals surface area (Å²) in [5.41, 5.74) is 1.05. The van der Waals surface area contributed by atoms with Gasteiger partial charge in [0, 0.05) is 51.0 Å². The molecular weight excluding hydrogens is 527 g/mol. The average Bonchev–Trinajstić information content (AvgIpc) is 2.72. The van der Waals surface area contributed by atoms with Crippen molar-refractivity contribution in [1.82, 2.24) is 19.9 Å². The summed E-state index contributed by atoms with van der Waals surface area (Å²) >= 11 is 0. The van der Waals surface area contributed by atoms with Gasteiger partial charge in [-0.1, -0.05) is 6.07 Å². The first-order valence-corrected chi connectivity index (χ1v) is 12.9. The number of guanidine groups is 1. The molecular formula is C21H37IN6O2S. The van der Waals surface area contributed by atoms with Gasteiger partial charge in [0.05, 0.1) is 6.26 Å². The first kappa shape index (κ1) is 26.1. The quantitative estimate of drug-likeness (QED) is 0.313. The Labute approximate surface area is 204 Å². The van der Waals surface area contributed by atoms with E-state index in [0.717, 1.165) is 69.3 Å². The maximum atomic E-state index is 11.7. The first-order valence-electron chi connectivity index (χ1n) is 11.0. The number of pyridine rings is 1. The number of hydrogen-bond acceptors (Lipinski definition) is 5. The predicted molar refractivity (Wildman–Crippen MR) is 138 cm³/mol. The molecule has 0 aliphatic carbocycles. The van der Waals surface area contributed by atoms with Crippen molar-refractivity contribution in [1.29, 1.82) is 0 Å². The van der Waals surface area contributed by atoms with Crippen LogP contribution in [0.25, 0.3) is 0 Å². The topological polar surface area (TPSA) is 89.9 Å². The molecule has 31 heavy (non-hydrogen) atoms. The van der Waals surface area contributed by atoms with Gasteiger partial charge in [-0.2, -0.15) is 0 Å². The van der Waals surface area contributed by atoms with Crippen LogP contribution in [0.2, 0.25) is 0 Å². The van der Waals surface area contributed by atoms with Gasteiger partial charge in [0.1, 0.15) is 5.82 Å². The zero-order valence-electron chi connectivity index (χ0n) is 18.9. The molecule has 0 radical (unpaired) electrons. The minimum absolute atomic E-state index is 0. The fourth-order valence-corrected chi connectivity index (χ4v) is 4.99. The molecule has 3 heterocycles. The summed E-state index contributed by atoms with van der Waals surface area (Å²) in [5.74, 6) is 2.37. The Hall–Kier alpha value is -1.14. The maximum absolute atomic E-state index is 11.7. The van der Waals surface area contributed by atoms with Gasteiger partial charge >= 0.3 is 0 Å². The van der Waals surface area contributed by atoms with Crippen LogP contribution in [-0.4, -0.2) is 75.2 Å². The molecule has 2 fully saturated rings. The van der Waals surface area contributed by atoms with E-state index in [1.807, 2.05) is 13.0 Å². The molecule has 1 aromatic rings. The third kappa shape index (κ3) is 8.05. The van der Waals surface area contributed by atoms with Gasteiger partial charge in [0.15, 0.2) is 5.96 Å². The number of anilines is 1. The van der Waals surface area contributed by atoms with E-state index >= 15 is 0 Å². The average molecular weight is 565 g/mol. The van der Waals surface area contributed by atoms with Crippen molar-refractivity contribution < 1.29 is 8.42 Å². The Bertz CT molecular complexity index is 819. The standard InChI is InChI=1S/C21H36N6O2S.HI/c1-4-22-21(23-16-18-8-14-27(15-9-18)30(3,28)29)25-19-10-12-26(13-11-19)20-7-5-6-17(2)24-20;/h5-7,18-19H,4,8-16H2,1-3H3,(H2,22,23,25);1H. The smallest absolute Gasteiger partial charge is 0.211 e. The number of sulfonamides is 1. The van der Waals surface area contributed by atoms with Crippen LogP contribution in [0.3, 0.4) is 0 Å². The highest BCUT2D eigenvalue weighted by Crippen LogP contribution is 2.20. The van der Waals surface area contributed by atoms with E-state index in [4.69, 9.17) is 4.99 Å². The number of aromatic nitrogens is 1. The molecule has 1 aromatic heterocycles. The lowest BCUT2D eigenvalue weighted by Gasteiger charge is -2.34. The van der Waals surface area contributed by atoms with E-state index in [1.165, 1.54) is 6.26 Å². The normalized spacial score (nSPS) is 19.7. The summed E-state index contributed by atoms with van der Waals surface area (Å²) < 4.78 is 24.9. The van der Waals surface area contributed by atoms with Crippen LogP contribution in [0, 0.1) is 12.8 Å². The highest BCUT2D eigenvalue weighted by atomic mass is 127. The highest BCUT2D eigenvalue weighted by molar-refractivity contribution is 14.0. The van der Waals surface area contributed by atoms with Crippen molar-refractivity contribution in [3.8, 4) is 0 Å². The lowest BCUT2D eigenvalue weighted by Crippen LogP contribution is -2.49. The number of piperidine rings is 2. The largest absolute Gasteiger partial charge is 0.357 e. The summed E-state index contributed by atoms with van der Waals surface area (Å²) in [6.07, 6.45) is 5.13. The summed E-state index contributed by atoms with van der Waals surface area (Å²) in [7, 11) is -3.07. The van der Waals surface area contributed by atoms with Crippen LogP contribution in [0.5, 0.6) is 0 Å². The van der Waals surface area contributed by atoms with E-state index in [1.54, 1.807) is 4.31 Å². The fraction of sp³-hybridized carbons (Fsp3) is 0.714. The zero-order valence-corrected chi connectivity index (χ0v) is 22.0. The van der Waals surface area contributed by atoms with Crippen LogP contribution in [0.1, 0.15) is 38.3 Å². The van der Waals surface area contributed by atoms with Gasteiger partial charge < -0.3 is 15.5 Å². The van der Waals surface area contributed by atoms with E-state index in [0.29, 0.717) is 25.0 Å². The van der Waals surface area contributed by atoms with Gasteiger partial charge in [-0.3, -0.25) is 4.99 Å². The minimum atomic E-state index is -3.07. The highest BCUT2D eigenvalue weighted by Gasteiger charge is 2.25. The molecule has 0 saturated carbocycles. The van der Waals surface area contributed by atoms with E-state index in [9.17, 15) is 8.42 Å². The number of aliphatic imine (C=N–C) groups is 1. The second-order valence-corrected chi connectivity index (χ2v) is 10.4. The lowest BCUT2D eigenvalue weighted by atomic mass is 9.98. The molecule has 10 heteroatoms. The Morgan fingerprint density at radius 1 is 1.16 bits per heavy atom. The van der Waals surface area contributed by atoms with Crippen molar-refractivity contribution in [2.75, 3.05) is 50.4 Å². The summed E-state index contributed by atoms with van der Waals surface area (Å²) in [5, 5.41) is 6.96. The number of rotatable bonds is 6. The van der Waals surface area contributed by atoms with Crippen molar-refractivity contribution in [3.63, 3.8) is 0 Å². The molecule has 0 spiro atoms. The van der Waals surface area contributed by atoms with Gasteiger partial charge in [0.2, 0.25) is 10.0 Å². The van der Waals surface area contributed by atoms with Gasteiger partial charge in [0.25, 0.3) is 0 Å². The molecule has 0 amide bonds. The molecule has 2 saturated heterocycles. The monoisotopic (exact) mass is 564 g/mol. The van der Waals surface area contributed by atoms with Gasteiger partial charge in [-0.25, -0.2) is 17.7 Å². The van der Waals surface area contributed by atoms with Crippen LogP contribution in [-0.2, 0) is 10.0 Å². The molecule has 2 aliphatic heterocycles. The summed E-state index contributed by atoms with van der Waals surface area (Å²) in [4.78, 5) is 11.8. The first-order chi connectivity index (χ1) is 14.3. The number of halogens is 1. The summed E-state index contributed by atoms with van der Waals surface area (Å²) in [6, 6.07) is 6.58. The number of nitrogens with zero attached hydrogens (tertiary/aromatic N) is 4. The third-order valence-corrected chi connectivity index (χ3v) is 7.23. The molecule has 176 valence electrons. The van der Waals surface area contributed by atoms with Crippen molar-refractivity contribution in [2.45, 2.75) is 45.6 Å². The Balaban J connectivity index is 0.00000341. The van der Waals surface area contributed by atoms with E-state index in [-0.39, 0.29) is 24.0 Å². The molecule has 2 N–H and O–H groups in total. The van der Waals surface area contributed by atoms with Crippen LogP contribution in [0.15, 0.2) is 23.2 Å². The second kappa shape index (κ2) is 12.2. The Morgan fingerprint density at radius 2 is 1.84 bits per heavy atom. The molecule has 3 rings (SSSR count). The lowest BCUT2D eigenvalue weighted by molar-refractivity contribution is 0.280. The SMILES string of the molecule is CCNC(=NCC1CCN(S(C)(=O)=O)CC1)NC1CCN(c2cccc(C)n2)CC1.I. The molecule has 8 nitrogen and oxygen atoms in total. The molecule has 0 unspecified atom stereocenters. The fourth-order valence-electron chi connectivity index (χ4n) is 4.11. The van der Waals surface area contributed by atoms with Gasteiger partial charge in [-0.15, -0.1) is 24.0 Å². The van der Waals surface area contributed by atoms with E-state index < -0.39 is 10.0 Å². The maximum Gasteiger partial charge on any atom is 0.211 e. The predicted octanol–water partition coefficient (Wildman–Crippen LogP) is 2.20. The van der Waals surface area contributed by atoms with Crippen molar-refractivity contribution in [2.24, 2.45) is 10.9 Å². The summed E-state index contributed by atoms with van der Waals surface area (Å²) in [6.45, 7) is 8.84. The molecule has 0 bridgehead atoms. The zero-order chi connectivity index (χ0) is 21.6. The van der Waals surface area contributed by atoms with Crippen LogP contribution < -0.4 is 15.5 Å². The second-order valence-electron chi connectivity index (χ2n) is 8.37. The number of nitrogens with one attached hydrogen (secondary N) is 2. The minimum Gasteiger partial charge on any atom is -0.357 e. The molecule has 0 atom stereocenters. The Morgan fingerprint density at radius 3 is 2.42 bits per heavy atom. The van der Waals surface area contributed by atoms with Gasteiger partial charge in [-0.05, 0) is 57.6 Å². The van der Waals surface area contributed by atoms with Crippen molar-refractivity contribution >= 4 is 45.8 Å². The molecule has 0 aromatic carbocycles. The number of hydrogen-bond donors (Lipinski definition) is 2. The van der Waals surface area contributed by atoms with Crippen molar-refractivity contribution in [3.05, 3.63) is 23.9 Å².